The van der Waals surface area contributed by atoms with Crippen molar-refractivity contribution >= 4 is 0 Å². The van der Waals surface area contributed by atoms with Gasteiger partial charge in [0, 0.05) is 0 Å². The quantitative estimate of drug-likeness (QED) is 0.533. The summed E-state index contributed by atoms with van der Waals surface area (Å²) >= 11 is 0. The number of methoxy groups -OCH3 is 1. The van der Waals surface area contributed by atoms with Crippen molar-refractivity contribution in [2.24, 2.45) is 5.41 Å². The number of nitrogens with zero attached hydrogens (tertiary/aromatic N) is 1. The maximum absolute atomic E-state index is 9.70. The molecule has 126 valence electrons. The maximum atomic E-state index is 9.70. The van der Waals surface area contributed by atoms with Gasteiger partial charge < -0.3 is 4.74 Å². The van der Waals surface area contributed by atoms with Crippen LogP contribution in [0.25, 0.3) is 0 Å². The van der Waals surface area contributed by atoms with Crippen LogP contribution in [0.3, 0.4) is 0 Å². The third-order valence-electron chi connectivity index (χ3n) is 5.53. The fraction of sp³-hybridized carbons (Fsp3) is 0.667. The van der Waals surface area contributed by atoms with E-state index >= 15 is 0 Å². The van der Waals surface area contributed by atoms with Crippen molar-refractivity contribution < 1.29 is 4.74 Å². The largest absolute Gasteiger partial charge is 0.497 e. The highest BCUT2D eigenvalue weighted by Gasteiger charge is 2.35. The van der Waals surface area contributed by atoms with Gasteiger partial charge in [0.1, 0.15) is 5.75 Å². The predicted octanol–water partition coefficient (Wildman–Crippen LogP) is 6.22. The van der Waals surface area contributed by atoms with Crippen LogP contribution in [0.5, 0.6) is 5.75 Å². The molecule has 0 atom stereocenters. The topological polar surface area (TPSA) is 33.0 Å². The summed E-state index contributed by atoms with van der Waals surface area (Å²) in [5, 5.41) is 9.70. The summed E-state index contributed by atoms with van der Waals surface area (Å²) in [7, 11) is 1.71. The number of hydrogen-bond acceptors (Lipinski definition) is 2. The molecule has 1 aromatic rings. The molecule has 0 spiro atoms. The van der Waals surface area contributed by atoms with E-state index in [0.29, 0.717) is 5.92 Å². The van der Waals surface area contributed by atoms with Gasteiger partial charge in [0.25, 0.3) is 0 Å². The van der Waals surface area contributed by atoms with Gasteiger partial charge in [-0.15, -0.1) is 0 Å². The highest BCUT2D eigenvalue weighted by atomic mass is 16.5. The Morgan fingerprint density at radius 2 is 1.74 bits per heavy atom. The van der Waals surface area contributed by atoms with E-state index in [9.17, 15) is 5.26 Å². The summed E-state index contributed by atoms with van der Waals surface area (Å²) in [6.07, 6.45) is 12.0. The first-order chi connectivity index (χ1) is 11.2. The van der Waals surface area contributed by atoms with E-state index in [1.165, 1.54) is 37.7 Å². The average molecular weight is 313 g/mol. The fourth-order valence-electron chi connectivity index (χ4n) is 3.86. The summed E-state index contributed by atoms with van der Waals surface area (Å²) in [5.74, 6) is 1.53. The van der Waals surface area contributed by atoms with Gasteiger partial charge in [-0.05, 0) is 55.7 Å². The van der Waals surface area contributed by atoms with Crippen LogP contribution >= 0.6 is 0 Å². The normalized spacial score (nSPS) is 24.1. The predicted molar refractivity (Wildman–Crippen MR) is 95.6 cm³/mol. The Morgan fingerprint density at radius 1 is 1.09 bits per heavy atom. The molecule has 0 heterocycles. The van der Waals surface area contributed by atoms with Crippen molar-refractivity contribution in [2.75, 3.05) is 7.11 Å². The van der Waals surface area contributed by atoms with Crippen LogP contribution in [0.15, 0.2) is 24.3 Å². The van der Waals surface area contributed by atoms with Crippen molar-refractivity contribution in [3.63, 3.8) is 0 Å². The Kier molecular flexibility index (Phi) is 6.96. The molecule has 0 bridgehead atoms. The van der Waals surface area contributed by atoms with E-state index in [1.54, 1.807) is 7.11 Å². The Bertz CT molecular complexity index is 492. The summed E-state index contributed by atoms with van der Waals surface area (Å²) in [5.41, 5.74) is 1.36. The molecule has 2 heteroatoms. The van der Waals surface area contributed by atoms with Gasteiger partial charge in [0.05, 0.1) is 18.6 Å². The van der Waals surface area contributed by atoms with E-state index in [1.807, 2.05) is 0 Å². The minimum atomic E-state index is -0.0464. The third-order valence-corrected chi connectivity index (χ3v) is 5.53. The van der Waals surface area contributed by atoms with Crippen molar-refractivity contribution in [2.45, 2.75) is 77.0 Å². The molecule has 0 N–H and O–H groups in total. The Balaban J connectivity index is 1.83. The van der Waals surface area contributed by atoms with Crippen molar-refractivity contribution in [3.8, 4) is 11.8 Å². The second-order valence-electron chi connectivity index (χ2n) is 7.10. The first-order valence-electron chi connectivity index (χ1n) is 9.28. The zero-order valence-corrected chi connectivity index (χ0v) is 14.8. The first-order valence-corrected chi connectivity index (χ1v) is 9.28. The van der Waals surface area contributed by atoms with E-state index in [-0.39, 0.29) is 5.41 Å². The average Bonchev–Trinajstić information content (AvgIpc) is 2.62. The summed E-state index contributed by atoms with van der Waals surface area (Å²) < 4.78 is 5.24. The lowest BCUT2D eigenvalue weighted by molar-refractivity contribution is 0.223. The van der Waals surface area contributed by atoms with Gasteiger partial charge in [0.2, 0.25) is 0 Å². The highest BCUT2D eigenvalue weighted by Crippen LogP contribution is 2.45. The van der Waals surface area contributed by atoms with Crippen LogP contribution in [0.1, 0.15) is 82.6 Å². The van der Waals surface area contributed by atoms with Crippen LogP contribution in [0.4, 0.5) is 0 Å². The molecular formula is C21H31NO. The Hall–Kier alpha value is -1.49. The molecule has 0 amide bonds. The van der Waals surface area contributed by atoms with Gasteiger partial charge in [-0.1, -0.05) is 51.2 Å². The molecule has 1 fully saturated rings. The van der Waals surface area contributed by atoms with Gasteiger partial charge in [0.15, 0.2) is 0 Å². The molecule has 0 aromatic heterocycles. The van der Waals surface area contributed by atoms with Crippen LogP contribution in [0, 0.1) is 16.7 Å². The fourth-order valence-corrected chi connectivity index (χ4v) is 3.86. The maximum Gasteiger partial charge on any atom is 0.118 e. The molecule has 0 aliphatic heterocycles. The molecule has 23 heavy (non-hydrogen) atoms. The second kappa shape index (κ2) is 8.96. The third kappa shape index (κ3) is 4.99. The zero-order valence-electron chi connectivity index (χ0n) is 14.8. The summed E-state index contributed by atoms with van der Waals surface area (Å²) in [6, 6.07) is 11.2. The summed E-state index contributed by atoms with van der Waals surface area (Å²) in [4.78, 5) is 0. The van der Waals surface area contributed by atoms with E-state index in [2.05, 4.69) is 37.3 Å². The summed E-state index contributed by atoms with van der Waals surface area (Å²) in [6.45, 7) is 2.25. The van der Waals surface area contributed by atoms with Crippen LogP contribution in [-0.2, 0) is 0 Å². The van der Waals surface area contributed by atoms with Crippen molar-refractivity contribution in [1.29, 1.82) is 5.26 Å². The lowest BCUT2D eigenvalue weighted by Crippen LogP contribution is -2.25. The smallest absolute Gasteiger partial charge is 0.118 e. The van der Waals surface area contributed by atoms with Gasteiger partial charge in [-0.3, -0.25) is 0 Å². The van der Waals surface area contributed by atoms with Crippen LogP contribution in [-0.4, -0.2) is 7.11 Å². The second-order valence-corrected chi connectivity index (χ2v) is 7.10. The number of rotatable bonds is 8. The van der Waals surface area contributed by atoms with E-state index in [0.717, 1.165) is 37.9 Å². The number of nitriles is 1. The van der Waals surface area contributed by atoms with Gasteiger partial charge in [-0.25, -0.2) is 0 Å². The number of unbranched alkanes of at least 4 members (excludes halogenated alkanes) is 4. The number of hydrogen-bond donors (Lipinski definition) is 0. The molecule has 2 nitrogen and oxygen atoms in total. The Labute approximate surface area is 141 Å². The molecule has 1 saturated carbocycles. The molecule has 1 aliphatic rings. The van der Waals surface area contributed by atoms with Gasteiger partial charge in [-0.2, -0.15) is 5.26 Å². The van der Waals surface area contributed by atoms with Gasteiger partial charge >= 0.3 is 0 Å². The minimum Gasteiger partial charge on any atom is -0.497 e. The molecule has 0 unspecified atom stereocenters. The monoisotopic (exact) mass is 313 g/mol. The van der Waals surface area contributed by atoms with Crippen LogP contribution < -0.4 is 4.74 Å². The Morgan fingerprint density at radius 3 is 2.30 bits per heavy atom. The lowest BCUT2D eigenvalue weighted by atomic mass is 9.67. The molecule has 0 saturated heterocycles. The lowest BCUT2D eigenvalue weighted by Gasteiger charge is -2.35. The highest BCUT2D eigenvalue weighted by molar-refractivity contribution is 5.30. The minimum absolute atomic E-state index is 0.0464. The first kappa shape index (κ1) is 17.9. The molecule has 0 radical (unpaired) electrons. The molecular weight excluding hydrogens is 282 g/mol. The molecule has 1 aliphatic carbocycles. The number of ether oxygens (including phenoxy) is 1. The number of benzene rings is 1. The zero-order chi connectivity index (χ0) is 16.5. The van der Waals surface area contributed by atoms with E-state index < -0.39 is 0 Å². The SMILES string of the molecule is CCCCCCCC1(C#N)CCC(c2ccc(OC)cc2)CC1. The molecule has 1 aromatic carbocycles. The van der Waals surface area contributed by atoms with Crippen molar-refractivity contribution in [3.05, 3.63) is 29.8 Å². The van der Waals surface area contributed by atoms with E-state index in [4.69, 9.17) is 4.74 Å². The van der Waals surface area contributed by atoms with Crippen molar-refractivity contribution in [1.82, 2.24) is 0 Å². The molecule has 2 rings (SSSR count). The standard InChI is InChI=1S/C21H31NO/c1-3-4-5-6-7-14-21(17-22)15-12-19(13-16-21)18-8-10-20(23-2)11-9-18/h8-11,19H,3-7,12-16H2,1-2H3. The van der Waals surface area contributed by atoms with Crippen LogP contribution in [0.2, 0.25) is 0 Å².